The first kappa shape index (κ1) is 55.7. The summed E-state index contributed by atoms with van der Waals surface area (Å²) in [5.74, 6) is -0.842. The van der Waals surface area contributed by atoms with Gasteiger partial charge in [-0.1, -0.05) is 145 Å². The number of hydrogen-bond donors (Lipinski definition) is 1. The lowest BCUT2D eigenvalue weighted by Crippen LogP contribution is -2.37. The van der Waals surface area contributed by atoms with E-state index in [1.165, 1.54) is 77.0 Å². The second kappa shape index (κ2) is 40.1. The zero-order valence-electron chi connectivity index (χ0n) is 37.8. The van der Waals surface area contributed by atoms with E-state index >= 15 is 0 Å². The van der Waals surface area contributed by atoms with Crippen LogP contribution in [0.3, 0.4) is 0 Å². The van der Waals surface area contributed by atoms with Crippen LogP contribution in [-0.2, 0) is 32.7 Å². The van der Waals surface area contributed by atoms with Crippen LogP contribution in [0.4, 0.5) is 0 Å². The van der Waals surface area contributed by atoms with Gasteiger partial charge < -0.3 is 18.9 Å². The molecule has 0 aromatic heterocycles. The van der Waals surface area contributed by atoms with Crippen molar-refractivity contribution in [1.82, 2.24) is 0 Å². The Morgan fingerprint density at radius 1 is 0.534 bits per heavy atom. The Kier molecular flexibility index (Phi) is 38.5. The van der Waals surface area contributed by atoms with Gasteiger partial charge in [-0.05, 0) is 83.5 Å². The summed E-state index contributed by atoms with van der Waals surface area (Å²) in [4.78, 5) is 35.4. The monoisotopic (exact) mass is 837 g/mol. The average Bonchev–Trinajstić information content (AvgIpc) is 3.17. The summed E-state index contributed by atoms with van der Waals surface area (Å²) in [7, 11) is 1.44. The van der Waals surface area contributed by atoms with Crippen molar-refractivity contribution in [3.05, 3.63) is 60.8 Å². The number of carbonyl (C=O) groups is 2. The van der Waals surface area contributed by atoms with Gasteiger partial charge in [0.1, 0.15) is 19.8 Å². The van der Waals surface area contributed by atoms with E-state index in [2.05, 4.69) is 74.6 Å². The molecule has 0 heterocycles. The Morgan fingerprint density at radius 3 is 1.45 bits per heavy atom. The molecule has 0 fully saturated rings. The van der Waals surface area contributed by atoms with E-state index < -0.39 is 26.5 Å². The number of ether oxygens (including phenoxy) is 2. The number of likely N-dealkylation sites (N-methyl/N-ethyl adjacent to an activating group) is 1. The number of rotatable bonds is 41. The highest BCUT2D eigenvalue weighted by Gasteiger charge is 2.27. The summed E-state index contributed by atoms with van der Waals surface area (Å²) in [5, 5.41) is 0. The molecule has 0 aliphatic rings. The number of phosphoric acid groups is 1. The molecule has 0 rings (SSSR count). The van der Waals surface area contributed by atoms with Crippen molar-refractivity contribution in [3.8, 4) is 0 Å². The highest BCUT2D eigenvalue weighted by atomic mass is 31.2. The zero-order chi connectivity index (χ0) is 42.8. The SMILES string of the molecule is CCCCC/C=C\C/C=C\C/C=C\C/C=C\CCCCCC(=O)O[C@H](COC(=O)CCCCCCCCC/C=C\CCCCCC)COP(=O)(O)OCC[N+](C)(C)C. The van der Waals surface area contributed by atoms with Gasteiger partial charge in [0.2, 0.25) is 0 Å². The molecule has 2 atom stereocenters. The zero-order valence-corrected chi connectivity index (χ0v) is 38.7. The molecule has 0 radical (unpaired) electrons. The fourth-order valence-electron chi connectivity index (χ4n) is 5.87. The third kappa shape index (κ3) is 43.3. The molecule has 0 aromatic rings. The lowest BCUT2D eigenvalue weighted by atomic mass is 10.1. The first-order valence-electron chi connectivity index (χ1n) is 23.0. The molecular weight excluding hydrogens is 750 g/mol. The van der Waals surface area contributed by atoms with Crippen molar-refractivity contribution < 1.29 is 42.1 Å². The maximum absolute atomic E-state index is 12.7. The first-order chi connectivity index (χ1) is 28.0. The summed E-state index contributed by atoms with van der Waals surface area (Å²) < 4.78 is 34.3. The van der Waals surface area contributed by atoms with Crippen LogP contribution >= 0.6 is 7.82 Å². The fraction of sp³-hybridized carbons (Fsp3) is 0.750. The quantitative estimate of drug-likeness (QED) is 0.0213. The highest BCUT2D eigenvalue weighted by Crippen LogP contribution is 2.43. The minimum Gasteiger partial charge on any atom is -0.462 e. The van der Waals surface area contributed by atoms with Gasteiger partial charge in [-0.2, -0.15) is 0 Å². The molecule has 0 spiro atoms. The second-order valence-electron chi connectivity index (χ2n) is 16.4. The number of carbonyl (C=O) groups excluding carboxylic acids is 2. The molecule has 0 saturated carbocycles. The molecule has 0 aliphatic carbocycles. The predicted molar refractivity (Wildman–Crippen MR) is 243 cm³/mol. The van der Waals surface area contributed by atoms with Crippen LogP contribution in [0.2, 0.25) is 0 Å². The second-order valence-corrected chi connectivity index (χ2v) is 17.9. The van der Waals surface area contributed by atoms with Crippen molar-refractivity contribution in [1.29, 1.82) is 0 Å². The van der Waals surface area contributed by atoms with Crippen molar-refractivity contribution >= 4 is 19.8 Å². The molecule has 9 nitrogen and oxygen atoms in total. The molecule has 0 saturated heterocycles. The van der Waals surface area contributed by atoms with Gasteiger partial charge >= 0.3 is 19.8 Å². The number of hydrogen-bond acceptors (Lipinski definition) is 7. The van der Waals surface area contributed by atoms with Crippen molar-refractivity contribution in [2.45, 2.75) is 187 Å². The third-order valence-electron chi connectivity index (χ3n) is 9.52. The first-order valence-corrected chi connectivity index (χ1v) is 24.5. The largest absolute Gasteiger partial charge is 0.472 e. The Labute approximate surface area is 356 Å². The predicted octanol–water partition coefficient (Wildman–Crippen LogP) is 13.2. The van der Waals surface area contributed by atoms with Gasteiger partial charge in [-0.15, -0.1) is 0 Å². The summed E-state index contributed by atoms with van der Waals surface area (Å²) in [6.45, 7) is 4.33. The Balaban J connectivity index is 4.42. The van der Waals surface area contributed by atoms with Gasteiger partial charge in [0.15, 0.2) is 6.10 Å². The van der Waals surface area contributed by atoms with E-state index in [0.717, 1.165) is 70.6 Å². The van der Waals surface area contributed by atoms with Crippen molar-refractivity contribution in [2.75, 3.05) is 47.5 Å². The van der Waals surface area contributed by atoms with E-state index in [4.69, 9.17) is 18.5 Å². The molecule has 1 N–H and O–H groups in total. The number of phosphoric ester groups is 1. The van der Waals surface area contributed by atoms with E-state index in [0.29, 0.717) is 17.4 Å². The fourth-order valence-corrected chi connectivity index (χ4v) is 6.61. The van der Waals surface area contributed by atoms with Gasteiger partial charge in [0, 0.05) is 12.8 Å². The summed E-state index contributed by atoms with van der Waals surface area (Å²) in [6.07, 6.45) is 48.3. The number of esters is 2. The Bertz CT molecular complexity index is 1170. The normalized spacial score (nSPS) is 14.1. The van der Waals surface area contributed by atoms with Crippen LogP contribution in [0.25, 0.3) is 0 Å². The van der Waals surface area contributed by atoms with E-state index in [1.54, 1.807) is 0 Å². The van der Waals surface area contributed by atoms with Crippen LogP contribution in [0.1, 0.15) is 181 Å². The molecule has 0 bridgehead atoms. The average molecular weight is 837 g/mol. The molecule has 58 heavy (non-hydrogen) atoms. The topological polar surface area (TPSA) is 108 Å². The van der Waals surface area contributed by atoms with Crippen molar-refractivity contribution in [3.63, 3.8) is 0 Å². The van der Waals surface area contributed by atoms with E-state index in [1.807, 2.05) is 21.1 Å². The highest BCUT2D eigenvalue weighted by molar-refractivity contribution is 7.47. The van der Waals surface area contributed by atoms with Gasteiger partial charge in [0.25, 0.3) is 0 Å². The molecule has 10 heteroatoms. The van der Waals surface area contributed by atoms with Crippen LogP contribution in [-0.4, -0.2) is 74.9 Å². The Hall–Kier alpha value is -2.29. The molecule has 0 aromatic carbocycles. The van der Waals surface area contributed by atoms with Crippen LogP contribution in [0, 0.1) is 0 Å². The van der Waals surface area contributed by atoms with Crippen LogP contribution in [0.15, 0.2) is 60.8 Å². The third-order valence-corrected chi connectivity index (χ3v) is 10.5. The number of quaternary nitrogens is 1. The lowest BCUT2D eigenvalue weighted by molar-refractivity contribution is -0.870. The maximum Gasteiger partial charge on any atom is 0.472 e. The van der Waals surface area contributed by atoms with Crippen molar-refractivity contribution in [2.24, 2.45) is 0 Å². The van der Waals surface area contributed by atoms with Gasteiger partial charge in [0.05, 0.1) is 27.7 Å². The molecular formula is C48H87NO8P+. The standard InChI is InChI=1S/C48H86NO8P/c1-6-8-10-12-14-16-18-20-22-23-24-25-27-29-31-33-35-37-39-41-48(51)57-46(45-56-58(52,53)55-43-42-49(3,4)5)44-54-47(50)40-38-36-34-32-30-28-26-21-19-17-15-13-11-9-7-2/h14,16-17,19-20,22,24-25,29,31,46H,6-13,15,18,21,23,26-28,30,32-45H2,1-5H3/p+1/b16-14-,19-17-,22-20-,25-24-,31-29-/t46-/m1/s1. The molecule has 1 unspecified atom stereocenters. The summed E-state index contributed by atoms with van der Waals surface area (Å²) >= 11 is 0. The van der Waals surface area contributed by atoms with Gasteiger partial charge in [-0.3, -0.25) is 18.6 Å². The maximum atomic E-state index is 12.7. The minimum atomic E-state index is -4.39. The van der Waals surface area contributed by atoms with Gasteiger partial charge in [-0.25, -0.2) is 4.57 Å². The molecule has 336 valence electrons. The number of nitrogens with zero attached hydrogens (tertiary/aromatic N) is 1. The van der Waals surface area contributed by atoms with E-state index in [-0.39, 0.29) is 32.0 Å². The number of allylic oxidation sites excluding steroid dienone is 10. The summed E-state index contributed by atoms with van der Waals surface area (Å²) in [6, 6.07) is 0. The Morgan fingerprint density at radius 2 is 0.931 bits per heavy atom. The summed E-state index contributed by atoms with van der Waals surface area (Å²) in [5.41, 5.74) is 0. The van der Waals surface area contributed by atoms with E-state index in [9.17, 15) is 19.0 Å². The minimum absolute atomic E-state index is 0.0222. The van der Waals surface area contributed by atoms with Crippen LogP contribution < -0.4 is 0 Å². The molecule has 0 amide bonds. The molecule has 0 aliphatic heterocycles. The van der Waals surface area contributed by atoms with Crippen LogP contribution in [0.5, 0.6) is 0 Å². The smallest absolute Gasteiger partial charge is 0.462 e. The lowest BCUT2D eigenvalue weighted by Gasteiger charge is -2.24. The number of unbranched alkanes of at least 4 members (excludes halogenated alkanes) is 17.